The van der Waals surface area contributed by atoms with Crippen molar-refractivity contribution in [3.63, 3.8) is 0 Å². The second-order valence-electron chi connectivity index (χ2n) is 4.97. The number of benzene rings is 1. The largest absolute Gasteiger partial charge is 0.466 e. The first-order valence-electron chi connectivity index (χ1n) is 6.57. The summed E-state index contributed by atoms with van der Waals surface area (Å²) in [6.45, 7) is 5.62. The number of nitrogen functional groups attached to an aromatic ring is 1. The molecule has 3 aromatic rings. The molecule has 0 aliphatic carbocycles. The van der Waals surface area contributed by atoms with Crippen LogP contribution in [0.1, 0.15) is 17.1 Å². The van der Waals surface area contributed by atoms with Crippen LogP contribution in [0.2, 0.25) is 0 Å². The van der Waals surface area contributed by atoms with Gasteiger partial charge in [0.2, 0.25) is 0 Å². The molecule has 0 atom stereocenters. The second-order valence-corrected chi connectivity index (χ2v) is 4.97. The van der Waals surface area contributed by atoms with Gasteiger partial charge in [-0.3, -0.25) is 0 Å². The molecule has 21 heavy (non-hydrogen) atoms. The third kappa shape index (κ3) is 2.01. The van der Waals surface area contributed by atoms with E-state index in [0.29, 0.717) is 22.6 Å². The van der Waals surface area contributed by atoms with Gasteiger partial charge in [0.15, 0.2) is 11.6 Å². The number of hydrogen-bond donors (Lipinski definition) is 1. The molecule has 2 heterocycles. The third-order valence-corrected chi connectivity index (χ3v) is 3.65. The Morgan fingerprint density at radius 2 is 1.76 bits per heavy atom. The van der Waals surface area contributed by atoms with E-state index in [4.69, 9.17) is 14.7 Å². The number of aryl methyl sites for hydroxylation is 2. The number of nitrogens with zero attached hydrogens (tertiary/aromatic N) is 1. The fourth-order valence-corrected chi connectivity index (χ4v) is 2.52. The van der Waals surface area contributed by atoms with Crippen molar-refractivity contribution in [2.24, 2.45) is 0 Å². The molecule has 0 unspecified atom stereocenters. The fourth-order valence-electron chi connectivity index (χ4n) is 2.52. The molecule has 0 bridgehead atoms. The van der Waals surface area contributed by atoms with Gasteiger partial charge in [-0.25, -0.2) is 4.39 Å². The molecular weight excluding hydrogens is 271 g/mol. The Kier molecular flexibility index (Phi) is 3.05. The van der Waals surface area contributed by atoms with Gasteiger partial charge in [-0.2, -0.15) is 0 Å². The molecule has 0 saturated carbocycles. The summed E-state index contributed by atoms with van der Waals surface area (Å²) in [7, 11) is 0. The van der Waals surface area contributed by atoms with Gasteiger partial charge >= 0.3 is 0 Å². The van der Waals surface area contributed by atoms with Crippen molar-refractivity contribution in [2.45, 2.75) is 20.8 Å². The number of anilines is 1. The Hall–Kier alpha value is -2.56. The maximum atomic E-state index is 14.1. The quantitative estimate of drug-likeness (QED) is 0.765. The molecule has 0 saturated heterocycles. The molecule has 0 amide bonds. The molecule has 0 fully saturated rings. The van der Waals surface area contributed by atoms with Gasteiger partial charge in [0.25, 0.3) is 0 Å². The molecule has 0 spiro atoms. The number of halogens is 1. The first kappa shape index (κ1) is 13.4. The minimum absolute atomic E-state index is 0.160. The van der Waals surface area contributed by atoms with Crippen molar-refractivity contribution < 1.29 is 13.3 Å². The van der Waals surface area contributed by atoms with Gasteiger partial charge < -0.3 is 14.7 Å². The van der Waals surface area contributed by atoms with Crippen molar-refractivity contribution in [1.82, 2.24) is 5.16 Å². The van der Waals surface area contributed by atoms with Crippen LogP contribution in [0.25, 0.3) is 22.5 Å². The minimum atomic E-state index is -0.371. The van der Waals surface area contributed by atoms with Gasteiger partial charge in [-0.15, -0.1) is 0 Å². The molecule has 4 nitrogen and oxygen atoms in total. The second kappa shape index (κ2) is 4.77. The number of hydrogen-bond acceptors (Lipinski definition) is 4. The lowest BCUT2D eigenvalue weighted by molar-refractivity contribution is 0.434. The average Bonchev–Trinajstić information content (AvgIpc) is 2.92. The summed E-state index contributed by atoms with van der Waals surface area (Å²) in [6.07, 6.45) is 0. The zero-order valence-electron chi connectivity index (χ0n) is 12.0. The van der Waals surface area contributed by atoms with Gasteiger partial charge in [-0.1, -0.05) is 23.4 Å². The van der Waals surface area contributed by atoms with E-state index in [0.717, 1.165) is 16.9 Å². The smallest absolute Gasteiger partial charge is 0.180 e. The SMILES string of the molecule is Cc1oc(C)c(-c2onc(N)c2-c2ccccc2F)c1C. The third-order valence-electron chi connectivity index (χ3n) is 3.65. The summed E-state index contributed by atoms with van der Waals surface area (Å²) in [5.41, 5.74) is 8.41. The number of aromatic nitrogens is 1. The molecule has 5 heteroatoms. The van der Waals surface area contributed by atoms with E-state index in [2.05, 4.69) is 5.16 Å². The lowest BCUT2D eigenvalue weighted by Gasteiger charge is -2.04. The first-order valence-corrected chi connectivity index (χ1v) is 6.57. The van der Waals surface area contributed by atoms with Crippen LogP contribution in [-0.4, -0.2) is 5.16 Å². The standard InChI is InChI=1S/C16H15FN2O2/c1-8-9(2)20-10(3)13(8)15-14(16(18)19-21-15)11-6-4-5-7-12(11)17/h4-7H,1-3H3,(H2,18,19). The lowest BCUT2D eigenvalue weighted by atomic mass is 9.99. The van der Waals surface area contributed by atoms with Crippen LogP contribution in [-0.2, 0) is 0 Å². The summed E-state index contributed by atoms with van der Waals surface area (Å²) in [5.74, 6) is 1.71. The number of furan rings is 1. The molecular formula is C16H15FN2O2. The lowest BCUT2D eigenvalue weighted by Crippen LogP contribution is -1.92. The van der Waals surface area contributed by atoms with Crippen molar-refractivity contribution in [2.75, 3.05) is 5.73 Å². The maximum Gasteiger partial charge on any atom is 0.180 e. The molecule has 3 rings (SSSR count). The summed E-state index contributed by atoms with van der Waals surface area (Å²) in [4.78, 5) is 0. The summed E-state index contributed by atoms with van der Waals surface area (Å²) in [6, 6.07) is 6.40. The van der Waals surface area contributed by atoms with Gasteiger partial charge in [0.1, 0.15) is 17.3 Å². The predicted octanol–water partition coefficient (Wildman–Crippen LogP) is 4.25. The highest BCUT2D eigenvalue weighted by Crippen LogP contribution is 2.41. The van der Waals surface area contributed by atoms with Crippen LogP contribution >= 0.6 is 0 Å². The Morgan fingerprint density at radius 1 is 1.05 bits per heavy atom. The summed E-state index contributed by atoms with van der Waals surface area (Å²) < 4.78 is 25.1. The molecule has 0 aliphatic rings. The van der Waals surface area contributed by atoms with E-state index in [-0.39, 0.29) is 11.6 Å². The zero-order chi connectivity index (χ0) is 15.1. The summed E-state index contributed by atoms with van der Waals surface area (Å²) in [5, 5.41) is 3.80. The Labute approximate surface area is 121 Å². The van der Waals surface area contributed by atoms with Gasteiger partial charge in [0.05, 0.1) is 11.1 Å². The van der Waals surface area contributed by atoms with E-state index in [1.165, 1.54) is 6.07 Å². The highest BCUT2D eigenvalue weighted by molar-refractivity contribution is 5.88. The van der Waals surface area contributed by atoms with E-state index in [1.807, 2.05) is 20.8 Å². The number of rotatable bonds is 2. The van der Waals surface area contributed by atoms with Crippen molar-refractivity contribution in [1.29, 1.82) is 0 Å². The minimum Gasteiger partial charge on any atom is -0.466 e. The topological polar surface area (TPSA) is 65.2 Å². The van der Waals surface area contributed by atoms with Crippen LogP contribution < -0.4 is 5.73 Å². The monoisotopic (exact) mass is 286 g/mol. The first-order chi connectivity index (χ1) is 10.0. The summed E-state index contributed by atoms with van der Waals surface area (Å²) >= 11 is 0. The highest BCUT2D eigenvalue weighted by Gasteiger charge is 2.25. The molecule has 2 N–H and O–H groups in total. The fraction of sp³-hybridized carbons (Fsp3) is 0.188. The molecule has 0 radical (unpaired) electrons. The Morgan fingerprint density at radius 3 is 2.38 bits per heavy atom. The van der Waals surface area contributed by atoms with E-state index in [9.17, 15) is 4.39 Å². The van der Waals surface area contributed by atoms with Crippen molar-refractivity contribution in [3.8, 4) is 22.5 Å². The Balaban J connectivity index is 2.30. The maximum absolute atomic E-state index is 14.1. The van der Waals surface area contributed by atoms with Gasteiger partial charge in [-0.05, 0) is 26.8 Å². The van der Waals surface area contributed by atoms with E-state index in [1.54, 1.807) is 18.2 Å². The molecule has 108 valence electrons. The predicted molar refractivity (Wildman–Crippen MR) is 78.2 cm³/mol. The Bertz CT molecular complexity index is 818. The average molecular weight is 286 g/mol. The van der Waals surface area contributed by atoms with E-state index >= 15 is 0 Å². The zero-order valence-corrected chi connectivity index (χ0v) is 12.0. The molecule has 0 aliphatic heterocycles. The van der Waals surface area contributed by atoms with Gasteiger partial charge in [0, 0.05) is 11.1 Å². The van der Waals surface area contributed by atoms with Crippen molar-refractivity contribution in [3.05, 3.63) is 47.2 Å². The van der Waals surface area contributed by atoms with Crippen LogP contribution in [0.4, 0.5) is 10.2 Å². The molecule has 2 aromatic heterocycles. The van der Waals surface area contributed by atoms with Crippen molar-refractivity contribution >= 4 is 5.82 Å². The van der Waals surface area contributed by atoms with E-state index < -0.39 is 0 Å². The van der Waals surface area contributed by atoms with Crippen LogP contribution in [0.15, 0.2) is 33.2 Å². The van der Waals surface area contributed by atoms with Crippen LogP contribution in [0.5, 0.6) is 0 Å². The van der Waals surface area contributed by atoms with Crippen LogP contribution in [0, 0.1) is 26.6 Å². The number of nitrogens with two attached hydrogens (primary N) is 1. The normalized spacial score (nSPS) is 11.0. The molecule has 1 aromatic carbocycles. The highest BCUT2D eigenvalue weighted by atomic mass is 19.1. The van der Waals surface area contributed by atoms with Crippen LogP contribution in [0.3, 0.4) is 0 Å².